The Balaban J connectivity index is 2.20. The van der Waals surface area contributed by atoms with Gasteiger partial charge in [0.05, 0.1) is 0 Å². The molecule has 0 N–H and O–H groups in total. The van der Waals surface area contributed by atoms with Gasteiger partial charge in [0.25, 0.3) is 0 Å². The molecule has 0 saturated carbocycles. The normalized spacial score (nSPS) is 17.9. The molecule has 0 spiro atoms. The third-order valence-electron chi connectivity index (χ3n) is 3.86. The monoisotopic (exact) mass is 229 g/mol. The number of nitrogens with zero attached hydrogens (tertiary/aromatic N) is 1. The zero-order valence-electron chi connectivity index (χ0n) is 11.3. The average molecular weight is 229 g/mol. The molecule has 0 unspecified atom stereocenters. The number of hydrogen-bond donors (Lipinski definition) is 0. The SMILES string of the molecule is C/C(=C(/C)N1CCCCC1)c1ccc(C)cc1. The van der Waals surface area contributed by atoms with Gasteiger partial charge in [0.1, 0.15) is 0 Å². The van der Waals surface area contributed by atoms with E-state index in [-0.39, 0.29) is 0 Å². The molecule has 1 aromatic carbocycles. The van der Waals surface area contributed by atoms with Crippen LogP contribution in [0.15, 0.2) is 30.0 Å². The van der Waals surface area contributed by atoms with Crippen LogP contribution in [0.1, 0.15) is 44.2 Å². The van der Waals surface area contributed by atoms with Crippen molar-refractivity contribution in [3.8, 4) is 0 Å². The summed E-state index contributed by atoms with van der Waals surface area (Å²) in [5.74, 6) is 0. The quantitative estimate of drug-likeness (QED) is 0.733. The highest BCUT2D eigenvalue weighted by Crippen LogP contribution is 2.23. The van der Waals surface area contributed by atoms with E-state index in [1.165, 1.54) is 54.7 Å². The summed E-state index contributed by atoms with van der Waals surface area (Å²) in [6.45, 7) is 9.11. The first-order valence-corrected chi connectivity index (χ1v) is 6.68. The number of piperidine rings is 1. The maximum Gasteiger partial charge on any atom is 0.0175 e. The highest BCUT2D eigenvalue weighted by atomic mass is 15.1. The van der Waals surface area contributed by atoms with Crippen LogP contribution in [0.2, 0.25) is 0 Å². The van der Waals surface area contributed by atoms with Crippen LogP contribution in [0.5, 0.6) is 0 Å². The molecule has 0 radical (unpaired) electrons. The van der Waals surface area contributed by atoms with Gasteiger partial charge in [-0.3, -0.25) is 0 Å². The number of rotatable bonds is 2. The molecule has 92 valence electrons. The number of allylic oxidation sites excluding steroid dienone is 2. The summed E-state index contributed by atoms with van der Waals surface area (Å²) in [5.41, 5.74) is 5.57. The number of aryl methyl sites for hydroxylation is 1. The molecule has 0 bridgehead atoms. The fourth-order valence-corrected chi connectivity index (χ4v) is 2.48. The van der Waals surface area contributed by atoms with Gasteiger partial charge in [0.15, 0.2) is 0 Å². The zero-order chi connectivity index (χ0) is 12.3. The van der Waals surface area contributed by atoms with Crippen LogP contribution in [0.25, 0.3) is 5.57 Å². The summed E-state index contributed by atoms with van der Waals surface area (Å²) in [6, 6.07) is 8.86. The lowest BCUT2D eigenvalue weighted by Gasteiger charge is -2.31. The molecule has 0 aromatic heterocycles. The predicted molar refractivity (Wildman–Crippen MR) is 74.9 cm³/mol. The van der Waals surface area contributed by atoms with Crippen molar-refractivity contribution in [1.82, 2.24) is 4.90 Å². The first kappa shape index (κ1) is 12.2. The van der Waals surface area contributed by atoms with Crippen molar-refractivity contribution in [2.24, 2.45) is 0 Å². The molecule has 1 nitrogen and oxygen atoms in total. The Morgan fingerprint density at radius 3 is 2.12 bits per heavy atom. The minimum absolute atomic E-state index is 1.23. The molecule has 0 atom stereocenters. The Morgan fingerprint density at radius 1 is 0.941 bits per heavy atom. The van der Waals surface area contributed by atoms with Gasteiger partial charge in [0.2, 0.25) is 0 Å². The summed E-state index contributed by atoms with van der Waals surface area (Å²) in [6.07, 6.45) is 4.09. The summed E-state index contributed by atoms with van der Waals surface area (Å²) < 4.78 is 0. The molecule has 1 heteroatoms. The smallest absolute Gasteiger partial charge is 0.0175 e. The Labute approximate surface area is 105 Å². The summed E-state index contributed by atoms with van der Waals surface area (Å²) >= 11 is 0. The standard InChI is InChI=1S/C16H23N/c1-13-7-9-16(10-8-13)14(2)15(3)17-11-5-4-6-12-17/h7-10H,4-6,11-12H2,1-3H3/b15-14+. The Kier molecular flexibility index (Phi) is 3.88. The van der Waals surface area contributed by atoms with E-state index >= 15 is 0 Å². The maximum atomic E-state index is 2.54. The third-order valence-corrected chi connectivity index (χ3v) is 3.86. The Morgan fingerprint density at radius 2 is 1.53 bits per heavy atom. The molecular weight excluding hydrogens is 206 g/mol. The van der Waals surface area contributed by atoms with Crippen molar-refractivity contribution >= 4 is 5.57 Å². The maximum absolute atomic E-state index is 2.54. The van der Waals surface area contributed by atoms with Crippen LogP contribution >= 0.6 is 0 Å². The Bertz CT molecular complexity index is 394. The lowest BCUT2D eigenvalue weighted by molar-refractivity contribution is 0.287. The van der Waals surface area contributed by atoms with Gasteiger partial charge in [-0.05, 0) is 51.2 Å². The van der Waals surface area contributed by atoms with Crippen LogP contribution in [-0.4, -0.2) is 18.0 Å². The van der Waals surface area contributed by atoms with Crippen LogP contribution in [0.3, 0.4) is 0 Å². The molecule has 1 aliphatic heterocycles. The van der Waals surface area contributed by atoms with Gasteiger partial charge in [-0.15, -0.1) is 0 Å². The molecular formula is C16H23N. The number of benzene rings is 1. The molecule has 1 heterocycles. The van der Waals surface area contributed by atoms with Gasteiger partial charge >= 0.3 is 0 Å². The minimum atomic E-state index is 1.23. The van der Waals surface area contributed by atoms with E-state index in [2.05, 4.69) is 49.9 Å². The van der Waals surface area contributed by atoms with Crippen molar-refractivity contribution in [2.45, 2.75) is 40.0 Å². The van der Waals surface area contributed by atoms with E-state index in [1.54, 1.807) is 0 Å². The van der Waals surface area contributed by atoms with Crippen molar-refractivity contribution in [3.05, 3.63) is 41.1 Å². The lowest BCUT2D eigenvalue weighted by Crippen LogP contribution is -2.28. The third kappa shape index (κ3) is 2.91. The number of likely N-dealkylation sites (tertiary alicyclic amines) is 1. The van der Waals surface area contributed by atoms with Crippen molar-refractivity contribution in [1.29, 1.82) is 0 Å². The van der Waals surface area contributed by atoms with Gasteiger partial charge in [-0.2, -0.15) is 0 Å². The fourth-order valence-electron chi connectivity index (χ4n) is 2.48. The van der Waals surface area contributed by atoms with E-state index in [9.17, 15) is 0 Å². The van der Waals surface area contributed by atoms with E-state index in [4.69, 9.17) is 0 Å². The fraction of sp³-hybridized carbons (Fsp3) is 0.500. The topological polar surface area (TPSA) is 3.24 Å². The zero-order valence-corrected chi connectivity index (χ0v) is 11.3. The highest BCUT2D eigenvalue weighted by molar-refractivity contribution is 5.66. The molecule has 17 heavy (non-hydrogen) atoms. The van der Waals surface area contributed by atoms with Gasteiger partial charge in [-0.25, -0.2) is 0 Å². The van der Waals surface area contributed by atoms with Gasteiger partial charge in [0, 0.05) is 18.8 Å². The summed E-state index contributed by atoms with van der Waals surface area (Å²) in [5, 5.41) is 0. The summed E-state index contributed by atoms with van der Waals surface area (Å²) in [7, 11) is 0. The molecule has 1 aromatic rings. The second-order valence-electron chi connectivity index (χ2n) is 5.12. The van der Waals surface area contributed by atoms with Gasteiger partial charge in [-0.1, -0.05) is 29.8 Å². The van der Waals surface area contributed by atoms with Crippen molar-refractivity contribution < 1.29 is 0 Å². The molecule has 0 amide bonds. The van der Waals surface area contributed by atoms with E-state index in [0.717, 1.165) is 0 Å². The molecule has 2 rings (SSSR count). The van der Waals surface area contributed by atoms with Crippen LogP contribution in [0, 0.1) is 6.92 Å². The second-order valence-corrected chi connectivity index (χ2v) is 5.12. The van der Waals surface area contributed by atoms with E-state index < -0.39 is 0 Å². The minimum Gasteiger partial charge on any atom is -0.375 e. The first-order chi connectivity index (χ1) is 8.18. The van der Waals surface area contributed by atoms with Gasteiger partial charge < -0.3 is 4.90 Å². The lowest BCUT2D eigenvalue weighted by atomic mass is 10.0. The molecule has 1 fully saturated rings. The van der Waals surface area contributed by atoms with E-state index in [0.29, 0.717) is 0 Å². The van der Waals surface area contributed by atoms with Crippen LogP contribution < -0.4 is 0 Å². The second kappa shape index (κ2) is 5.39. The van der Waals surface area contributed by atoms with Crippen LogP contribution in [0.4, 0.5) is 0 Å². The largest absolute Gasteiger partial charge is 0.375 e. The molecule has 1 aliphatic rings. The van der Waals surface area contributed by atoms with E-state index in [1.807, 2.05) is 0 Å². The predicted octanol–water partition coefficient (Wildman–Crippen LogP) is 4.23. The highest BCUT2D eigenvalue weighted by Gasteiger charge is 2.12. The number of hydrogen-bond acceptors (Lipinski definition) is 1. The molecule has 1 saturated heterocycles. The summed E-state index contributed by atoms with van der Waals surface area (Å²) in [4.78, 5) is 2.54. The first-order valence-electron chi connectivity index (χ1n) is 6.68. The molecule has 0 aliphatic carbocycles. The van der Waals surface area contributed by atoms with Crippen molar-refractivity contribution in [2.75, 3.05) is 13.1 Å². The van der Waals surface area contributed by atoms with Crippen LogP contribution in [-0.2, 0) is 0 Å². The Hall–Kier alpha value is -1.24. The van der Waals surface area contributed by atoms with Crippen molar-refractivity contribution in [3.63, 3.8) is 0 Å². The average Bonchev–Trinajstić information content (AvgIpc) is 2.39.